The standard InChI is InChI=1S/C17H15BrN2O/c1-12(18)11-20-16-6-4-3-5-15(16)19-17(20)13-7-9-14(21-2)10-8-13/h3-10H,1,11H2,2H3/p+1. The highest BCUT2D eigenvalue weighted by Crippen LogP contribution is 2.22. The number of para-hydroxylation sites is 2. The maximum atomic E-state index is 5.22. The Morgan fingerprint density at radius 3 is 2.57 bits per heavy atom. The van der Waals surface area contributed by atoms with Crippen molar-refractivity contribution in [3.8, 4) is 17.1 Å². The summed E-state index contributed by atoms with van der Waals surface area (Å²) in [7, 11) is 1.67. The number of aromatic nitrogens is 2. The van der Waals surface area contributed by atoms with Crippen molar-refractivity contribution in [1.29, 1.82) is 0 Å². The quantitative estimate of drug-likeness (QED) is 0.711. The molecule has 0 aliphatic heterocycles. The van der Waals surface area contributed by atoms with Crippen molar-refractivity contribution in [3.05, 3.63) is 59.6 Å². The van der Waals surface area contributed by atoms with E-state index in [0.29, 0.717) is 6.54 Å². The number of imidazole rings is 1. The first-order valence-electron chi connectivity index (χ1n) is 6.67. The number of hydrogen-bond donors (Lipinski definition) is 1. The Balaban J connectivity index is 2.17. The number of aromatic amines is 1. The van der Waals surface area contributed by atoms with Gasteiger partial charge in [0, 0.05) is 4.48 Å². The van der Waals surface area contributed by atoms with Gasteiger partial charge in [-0.3, -0.25) is 0 Å². The minimum Gasteiger partial charge on any atom is -0.497 e. The molecule has 0 bridgehead atoms. The van der Waals surface area contributed by atoms with Gasteiger partial charge in [0.2, 0.25) is 0 Å². The number of halogens is 1. The van der Waals surface area contributed by atoms with Crippen molar-refractivity contribution in [2.75, 3.05) is 7.11 Å². The molecule has 1 N–H and O–H groups in total. The normalized spacial score (nSPS) is 10.8. The van der Waals surface area contributed by atoms with E-state index in [1.807, 2.05) is 24.3 Å². The lowest BCUT2D eigenvalue weighted by Gasteiger charge is -2.03. The van der Waals surface area contributed by atoms with Crippen molar-refractivity contribution in [2.45, 2.75) is 6.54 Å². The van der Waals surface area contributed by atoms with E-state index in [1.165, 1.54) is 0 Å². The van der Waals surface area contributed by atoms with Crippen LogP contribution in [0, 0.1) is 0 Å². The molecule has 4 heteroatoms. The number of allylic oxidation sites excluding steroid dienone is 1. The predicted octanol–water partition coefficient (Wildman–Crippen LogP) is 4.04. The summed E-state index contributed by atoms with van der Waals surface area (Å²) in [4.78, 5) is 3.48. The molecule has 0 radical (unpaired) electrons. The van der Waals surface area contributed by atoms with Crippen molar-refractivity contribution >= 4 is 27.0 Å². The molecular weight excluding hydrogens is 328 g/mol. The fourth-order valence-electron chi connectivity index (χ4n) is 2.44. The maximum Gasteiger partial charge on any atom is 0.287 e. The third-order valence-corrected chi connectivity index (χ3v) is 3.66. The highest BCUT2D eigenvalue weighted by Gasteiger charge is 2.20. The van der Waals surface area contributed by atoms with Gasteiger partial charge >= 0.3 is 0 Å². The van der Waals surface area contributed by atoms with E-state index in [1.54, 1.807) is 7.11 Å². The first-order chi connectivity index (χ1) is 10.2. The lowest BCUT2D eigenvalue weighted by atomic mass is 10.2. The summed E-state index contributed by atoms with van der Waals surface area (Å²) in [6, 6.07) is 16.3. The van der Waals surface area contributed by atoms with Crippen LogP contribution in [0.2, 0.25) is 0 Å². The monoisotopic (exact) mass is 343 g/mol. The first kappa shape index (κ1) is 13.9. The SMILES string of the molecule is C=C(Br)C[n+]1c(-c2ccc(OC)cc2)[nH]c2ccccc21. The van der Waals surface area contributed by atoms with E-state index >= 15 is 0 Å². The summed E-state index contributed by atoms with van der Waals surface area (Å²) in [5.74, 6) is 1.91. The van der Waals surface area contributed by atoms with Crippen molar-refractivity contribution in [2.24, 2.45) is 0 Å². The average Bonchev–Trinajstić information content (AvgIpc) is 2.86. The van der Waals surface area contributed by atoms with Crippen LogP contribution in [0.3, 0.4) is 0 Å². The van der Waals surface area contributed by atoms with Crippen LogP contribution in [0.4, 0.5) is 0 Å². The summed E-state index contributed by atoms with van der Waals surface area (Å²) in [5.41, 5.74) is 3.38. The third kappa shape index (κ3) is 2.72. The molecule has 0 saturated carbocycles. The van der Waals surface area contributed by atoms with E-state index < -0.39 is 0 Å². The molecule has 0 atom stereocenters. The lowest BCUT2D eigenvalue weighted by Crippen LogP contribution is -2.35. The highest BCUT2D eigenvalue weighted by molar-refractivity contribution is 9.11. The van der Waals surface area contributed by atoms with E-state index in [4.69, 9.17) is 4.74 Å². The average molecular weight is 344 g/mol. The van der Waals surface area contributed by atoms with E-state index in [-0.39, 0.29) is 0 Å². The van der Waals surface area contributed by atoms with Crippen LogP contribution in [-0.4, -0.2) is 12.1 Å². The summed E-state index contributed by atoms with van der Waals surface area (Å²) in [6.45, 7) is 4.67. The second-order valence-electron chi connectivity index (χ2n) is 4.82. The number of rotatable bonds is 4. The van der Waals surface area contributed by atoms with Gasteiger partial charge in [0.05, 0.1) is 12.7 Å². The zero-order chi connectivity index (χ0) is 14.8. The van der Waals surface area contributed by atoms with Gasteiger partial charge in [0.1, 0.15) is 12.3 Å². The van der Waals surface area contributed by atoms with Crippen LogP contribution in [0.15, 0.2) is 59.6 Å². The van der Waals surface area contributed by atoms with Crippen molar-refractivity contribution < 1.29 is 9.30 Å². The molecular formula is C17H16BrN2O+. The fraction of sp³-hybridized carbons (Fsp3) is 0.118. The molecule has 3 rings (SSSR count). The van der Waals surface area contributed by atoms with Gasteiger partial charge < -0.3 is 4.74 Å². The Morgan fingerprint density at radius 2 is 1.90 bits per heavy atom. The van der Waals surface area contributed by atoms with Crippen LogP contribution in [0.25, 0.3) is 22.4 Å². The van der Waals surface area contributed by atoms with Gasteiger partial charge in [-0.15, -0.1) is 0 Å². The number of fused-ring (bicyclic) bond motifs is 1. The number of benzene rings is 2. The summed E-state index contributed by atoms with van der Waals surface area (Å²) >= 11 is 3.46. The van der Waals surface area contributed by atoms with E-state index in [0.717, 1.165) is 32.7 Å². The molecule has 21 heavy (non-hydrogen) atoms. The molecule has 0 saturated heterocycles. The van der Waals surface area contributed by atoms with Crippen LogP contribution in [0.1, 0.15) is 0 Å². The highest BCUT2D eigenvalue weighted by atomic mass is 79.9. The third-order valence-electron chi connectivity index (χ3n) is 3.41. The fourth-order valence-corrected chi connectivity index (χ4v) is 2.69. The van der Waals surface area contributed by atoms with Crippen LogP contribution >= 0.6 is 15.9 Å². The Morgan fingerprint density at radius 1 is 1.19 bits per heavy atom. The molecule has 1 heterocycles. The predicted molar refractivity (Wildman–Crippen MR) is 88.5 cm³/mol. The Hall–Kier alpha value is -2.07. The number of nitrogens with one attached hydrogen (secondary N) is 1. The van der Waals surface area contributed by atoms with Gasteiger partial charge in [-0.25, -0.2) is 9.55 Å². The van der Waals surface area contributed by atoms with E-state index in [2.05, 4.69) is 56.3 Å². The molecule has 0 aliphatic rings. The Kier molecular flexibility index (Phi) is 3.80. The smallest absolute Gasteiger partial charge is 0.287 e. The van der Waals surface area contributed by atoms with Crippen LogP contribution < -0.4 is 9.30 Å². The molecule has 0 fully saturated rings. The molecule has 2 aromatic carbocycles. The minimum atomic E-state index is 0.714. The molecule has 3 nitrogen and oxygen atoms in total. The Labute approximate surface area is 132 Å². The minimum absolute atomic E-state index is 0.714. The Bertz CT molecular complexity index is 790. The second kappa shape index (κ2) is 5.74. The van der Waals surface area contributed by atoms with Gasteiger partial charge in [-0.1, -0.05) is 34.6 Å². The van der Waals surface area contributed by atoms with Crippen molar-refractivity contribution in [1.82, 2.24) is 4.98 Å². The van der Waals surface area contributed by atoms with Crippen LogP contribution in [-0.2, 0) is 6.54 Å². The molecule has 0 spiro atoms. The lowest BCUT2D eigenvalue weighted by molar-refractivity contribution is -0.650. The number of nitrogens with zero attached hydrogens (tertiary/aromatic N) is 1. The number of ether oxygens (including phenoxy) is 1. The summed E-state index contributed by atoms with van der Waals surface area (Å²) in [6.07, 6.45) is 0. The topological polar surface area (TPSA) is 28.9 Å². The zero-order valence-corrected chi connectivity index (χ0v) is 13.4. The molecule has 0 unspecified atom stereocenters. The van der Waals surface area contributed by atoms with Gasteiger partial charge in [-0.05, 0) is 36.4 Å². The molecule has 1 aromatic heterocycles. The van der Waals surface area contributed by atoms with Crippen LogP contribution in [0.5, 0.6) is 5.75 Å². The maximum absolute atomic E-state index is 5.22. The van der Waals surface area contributed by atoms with Gasteiger partial charge in [-0.2, -0.15) is 0 Å². The van der Waals surface area contributed by atoms with E-state index in [9.17, 15) is 0 Å². The molecule has 3 aromatic rings. The molecule has 0 amide bonds. The number of methoxy groups -OCH3 is 1. The molecule has 106 valence electrons. The van der Waals surface area contributed by atoms with Gasteiger partial charge in [0.25, 0.3) is 5.82 Å². The zero-order valence-electron chi connectivity index (χ0n) is 11.8. The van der Waals surface area contributed by atoms with Gasteiger partial charge in [0.15, 0.2) is 11.0 Å². The largest absolute Gasteiger partial charge is 0.497 e. The summed E-state index contributed by atoms with van der Waals surface area (Å²) < 4.78 is 8.37. The first-order valence-corrected chi connectivity index (χ1v) is 7.46. The van der Waals surface area contributed by atoms with Crippen molar-refractivity contribution in [3.63, 3.8) is 0 Å². The molecule has 0 aliphatic carbocycles. The number of H-pyrrole nitrogens is 1. The second-order valence-corrected chi connectivity index (χ2v) is 5.94. The number of hydrogen-bond acceptors (Lipinski definition) is 1. The summed E-state index contributed by atoms with van der Waals surface area (Å²) in [5, 5.41) is 0.